The van der Waals surface area contributed by atoms with E-state index in [0.29, 0.717) is 22.8 Å². The van der Waals surface area contributed by atoms with Crippen molar-refractivity contribution in [2.45, 2.75) is 51.2 Å². The molecule has 1 atom stereocenters. The molecule has 0 aliphatic heterocycles. The minimum Gasteiger partial charge on any atom is -0.496 e. The van der Waals surface area contributed by atoms with E-state index in [9.17, 15) is 18.7 Å². The first kappa shape index (κ1) is 21.8. The quantitative estimate of drug-likeness (QED) is 0.435. The Balaban J connectivity index is 1.54. The zero-order valence-electron chi connectivity index (χ0n) is 18.3. The molecule has 1 aromatic carbocycles. The van der Waals surface area contributed by atoms with Gasteiger partial charge in [-0.3, -0.25) is 9.20 Å². The normalized spacial score (nSPS) is 17.2. The van der Waals surface area contributed by atoms with Gasteiger partial charge in [0, 0.05) is 18.2 Å². The number of nitrogens with zero attached hydrogens (tertiary/aromatic N) is 2. The van der Waals surface area contributed by atoms with Crippen LogP contribution >= 0.6 is 0 Å². The van der Waals surface area contributed by atoms with E-state index < -0.39 is 12.7 Å². The highest BCUT2D eigenvalue weighted by Gasteiger charge is 2.30. The van der Waals surface area contributed by atoms with Gasteiger partial charge in [0.15, 0.2) is 5.78 Å². The molecule has 2 heterocycles. The molecule has 0 spiro atoms. The fourth-order valence-electron chi connectivity index (χ4n) is 4.47. The minimum absolute atomic E-state index is 0.0492. The van der Waals surface area contributed by atoms with E-state index in [2.05, 4.69) is 4.98 Å². The smallest absolute Gasteiger partial charge is 0.387 e. The highest BCUT2D eigenvalue weighted by atomic mass is 19.3. The lowest BCUT2D eigenvalue weighted by Crippen LogP contribution is -2.20. The number of rotatable bonds is 9. The van der Waals surface area contributed by atoms with Crippen LogP contribution in [0.25, 0.3) is 16.9 Å². The lowest BCUT2D eigenvalue weighted by molar-refractivity contribution is -0.0502. The number of carbonyl (C=O) groups is 1. The molecule has 8 heteroatoms. The number of aliphatic hydroxyl groups excluding tert-OH is 1. The molecule has 0 bridgehead atoms. The van der Waals surface area contributed by atoms with Crippen molar-refractivity contribution in [1.82, 2.24) is 9.38 Å². The van der Waals surface area contributed by atoms with Crippen molar-refractivity contribution < 1.29 is 28.2 Å². The summed E-state index contributed by atoms with van der Waals surface area (Å²) >= 11 is 0. The molecule has 0 amide bonds. The van der Waals surface area contributed by atoms with E-state index in [1.165, 1.54) is 13.2 Å². The lowest BCUT2D eigenvalue weighted by atomic mass is 9.79. The molecule has 0 saturated heterocycles. The van der Waals surface area contributed by atoms with Crippen molar-refractivity contribution in [1.29, 1.82) is 0 Å². The van der Waals surface area contributed by atoms with Gasteiger partial charge in [-0.2, -0.15) is 8.78 Å². The van der Waals surface area contributed by atoms with Crippen molar-refractivity contribution >= 4 is 11.4 Å². The Kier molecular flexibility index (Phi) is 5.78. The molecule has 3 aromatic rings. The summed E-state index contributed by atoms with van der Waals surface area (Å²) in [6.07, 6.45) is 8.31. The van der Waals surface area contributed by atoms with Gasteiger partial charge in [0.25, 0.3) is 0 Å². The first-order valence-electron chi connectivity index (χ1n) is 11.3. The molecule has 1 N–H and O–H groups in total. The van der Waals surface area contributed by atoms with Gasteiger partial charge < -0.3 is 14.6 Å². The van der Waals surface area contributed by atoms with Crippen LogP contribution < -0.4 is 9.47 Å². The molecule has 1 unspecified atom stereocenters. The van der Waals surface area contributed by atoms with Crippen molar-refractivity contribution in [2.75, 3.05) is 7.11 Å². The average molecular weight is 456 g/mol. The number of ether oxygens (including phenoxy) is 2. The molecule has 174 valence electrons. The van der Waals surface area contributed by atoms with E-state index in [4.69, 9.17) is 9.47 Å². The van der Waals surface area contributed by atoms with Crippen LogP contribution in [0.4, 0.5) is 8.78 Å². The molecule has 2 saturated carbocycles. The number of Topliss-reactive ketones (excluding diaryl/α,β-unsaturated/α-hetero) is 1. The van der Waals surface area contributed by atoms with Gasteiger partial charge in [-0.15, -0.1) is 0 Å². The second kappa shape index (κ2) is 8.74. The van der Waals surface area contributed by atoms with Gasteiger partial charge in [0.1, 0.15) is 22.7 Å². The predicted molar refractivity (Wildman–Crippen MR) is 118 cm³/mol. The second-order valence-corrected chi connectivity index (χ2v) is 8.97. The average Bonchev–Trinajstić information content (AvgIpc) is 3.46. The third kappa shape index (κ3) is 4.31. The fraction of sp³-hybridized carbons (Fsp3) is 0.440. The molecular formula is C25H26F2N2O4. The number of pyridine rings is 1. The number of methoxy groups -OCH3 is 1. The topological polar surface area (TPSA) is 73.1 Å². The number of halogens is 2. The summed E-state index contributed by atoms with van der Waals surface area (Å²) in [6.45, 7) is -3.07. The number of benzene rings is 1. The second-order valence-electron chi connectivity index (χ2n) is 8.97. The maximum Gasteiger partial charge on any atom is 0.387 e. The Morgan fingerprint density at radius 2 is 1.97 bits per heavy atom. The standard InChI is InChI=1S/C25H26F2N2O4/c1-32-20-10-17(11-21(33-25(26)27)23(20)19(30)9-14-5-6-14)18-13-28-22-12-16(7-8-29(18)22)24(31)15-3-2-4-15/h7-8,10-15,24-25,31H,2-6,9H2,1H3. The Labute approximate surface area is 190 Å². The van der Waals surface area contributed by atoms with Gasteiger partial charge in [-0.1, -0.05) is 6.42 Å². The van der Waals surface area contributed by atoms with E-state index in [0.717, 1.165) is 37.7 Å². The summed E-state index contributed by atoms with van der Waals surface area (Å²) in [5, 5.41) is 10.6. The number of fused-ring (bicyclic) bond motifs is 1. The first-order chi connectivity index (χ1) is 15.9. The van der Waals surface area contributed by atoms with Crippen LogP contribution in [0.15, 0.2) is 36.7 Å². The van der Waals surface area contributed by atoms with Crippen molar-refractivity contribution in [3.8, 4) is 22.8 Å². The van der Waals surface area contributed by atoms with Gasteiger partial charge in [-0.25, -0.2) is 4.98 Å². The zero-order chi connectivity index (χ0) is 23.1. The van der Waals surface area contributed by atoms with Crippen LogP contribution in [0.2, 0.25) is 0 Å². The summed E-state index contributed by atoms with van der Waals surface area (Å²) in [5.41, 5.74) is 2.65. The van der Waals surface area contributed by atoms with Crippen molar-refractivity contribution in [3.05, 3.63) is 47.8 Å². The molecule has 2 aliphatic carbocycles. The number of hydrogen-bond acceptors (Lipinski definition) is 5. The molecule has 2 fully saturated rings. The number of alkyl halides is 2. The number of ketones is 1. The highest BCUT2D eigenvalue weighted by Crippen LogP contribution is 2.41. The summed E-state index contributed by atoms with van der Waals surface area (Å²) in [7, 11) is 1.40. The minimum atomic E-state index is -3.07. The summed E-state index contributed by atoms with van der Waals surface area (Å²) in [6, 6.07) is 6.78. The Bertz CT molecular complexity index is 1180. The Morgan fingerprint density at radius 1 is 1.21 bits per heavy atom. The van der Waals surface area contributed by atoms with Crippen molar-refractivity contribution in [2.24, 2.45) is 11.8 Å². The molecule has 5 rings (SSSR count). The maximum atomic E-state index is 13.2. The molecule has 33 heavy (non-hydrogen) atoms. The number of imidazole rings is 1. The van der Waals surface area contributed by atoms with Gasteiger partial charge >= 0.3 is 6.61 Å². The number of hydrogen-bond donors (Lipinski definition) is 1. The third-order valence-corrected chi connectivity index (χ3v) is 6.72. The van der Waals surface area contributed by atoms with Crippen LogP contribution in [0.3, 0.4) is 0 Å². The zero-order valence-corrected chi connectivity index (χ0v) is 18.3. The fourth-order valence-corrected chi connectivity index (χ4v) is 4.47. The Hall–Kier alpha value is -3.00. The summed E-state index contributed by atoms with van der Waals surface area (Å²) in [4.78, 5) is 17.3. The van der Waals surface area contributed by atoms with E-state index in [-0.39, 0.29) is 35.2 Å². The number of aromatic nitrogens is 2. The molecular weight excluding hydrogens is 430 g/mol. The molecule has 0 radical (unpaired) electrons. The lowest BCUT2D eigenvalue weighted by Gasteiger charge is -2.30. The van der Waals surface area contributed by atoms with Crippen LogP contribution in [0.5, 0.6) is 11.5 Å². The van der Waals surface area contributed by atoms with E-state index >= 15 is 0 Å². The van der Waals surface area contributed by atoms with Gasteiger partial charge in [0.2, 0.25) is 0 Å². The molecule has 2 aromatic heterocycles. The summed E-state index contributed by atoms with van der Waals surface area (Å²) < 4.78 is 38.4. The third-order valence-electron chi connectivity index (χ3n) is 6.72. The van der Waals surface area contributed by atoms with Gasteiger partial charge in [-0.05, 0) is 67.3 Å². The van der Waals surface area contributed by atoms with E-state index in [1.807, 2.05) is 16.5 Å². The monoisotopic (exact) mass is 456 g/mol. The van der Waals surface area contributed by atoms with Crippen molar-refractivity contribution in [3.63, 3.8) is 0 Å². The molecule has 2 aliphatic rings. The van der Waals surface area contributed by atoms with Gasteiger partial charge in [0.05, 0.1) is 25.1 Å². The predicted octanol–water partition coefficient (Wildman–Crippen LogP) is 5.43. The SMILES string of the molecule is COc1cc(-c2cnc3cc(C(O)C4CCC4)ccn23)cc(OC(F)F)c1C(=O)CC1CC1. The number of carbonyl (C=O) groups excluding carboxylic acids is 1. The Morgan fingerprint density at radius 3 is 2.61 bits per heavy atom. The van der Waals surface area contributed by atoms with Crippen LogP contribution in [-0.4, -0.2) is 34.0 Å². The number of aliphatic hydroxyl groups is 1. The summed E-state index contributed by atoms with van der Waals surface area (Å²) in [5.74, 6) is 0.313. The largest absolute Gasteiger partial charge is 0.496 e. The first-order valence-corrected chi connectivity index (χ1v) is 11.3. The highest BCUT2D eigenvalue weighted by molar-refractivity contribution is 6.02. The maximum absolute atomic E-state index is 13.2. The van der Waals surface area contributed by atoms with Crippen LogP contribution in [0, 0.1) is 11.8 Å². The van der Waals surface area contributed by atoms with Crippen LogP contribution in [0.1, 0.15) is 60.6 Å². The van der Waals surface area contributed by atoms with Crippen LogP contribution in [-0.2, 0) is 0 Å². The molecule has 6 nitrogen and oxygen atoms in total. The van der Waals surface area contributed by atoms with E-state index in [1.54, 1.807) is 18.5 Å².